The Morgan fingerprint density at radius 3 is 2.32 bits per heavy atom. The van der Waals surface area contributed by atoms with Crippen LogP contribution in [0.4, 0.5) is 0 Å². The number of carbonyl (C=O) groups excluding carboxylic acids is 2. The summed E-state index contributed by atoms with van der Waals surface area (Å²) in [4.78, 5) is 24.9. The van der Waals surface area contributed by atoms with Crippen molar-refractivity contribution in [2.45, 2.75) is 42.5 Å². The first-order valence-electron chi connectivity index (χ1n) is 8.23. The molecule has 0 spiro atoms. The lowest BCUT2D eigenvalue weighted by molar-refractivity contribution is 0.0933. The second kappa shape index (κ2) is 6.44. The minimum absolute atomic E-state index is 0.00921. The molecule has 1 aliphatic heterocycles. The molecule has 0 atom stereocenters. The molecule has 6 heteroatoms. The van der Waals surface area contributed by atoms with Crippen molar-refractivity contribution in [3.8, 4) is 0 Å². The summed E-state index contributed by atoms with van der Waals surface area (Å²) in [6.07, 6.45) is 1.58. The average molecular weight is 357 g/mol. The lowest BCUT2D eigenvalue weighted by Crippen LogP contribution is -2.34. The molecule has 1 amide bonds. The van der Waals surface area contributed by atoms with E-state index in [1.807, 2.05) is 13.8 Å². The molecule has 25 heavy (non-hydrogen) atoms. The zero-order valence-electron chi connectivity index (χ0n) is 14.1. The quantitative estimate of drug-likeness (QED) is 0.778. The van der Waals surface area contributed by atoms with Gasteiger partial charge in [-0.2, -0.15) is 0 Å². The van der Waals surface area contributed by atoms with E-state index < -0.39 is 9.84 Å². The largest absolute Gasteiger partial charge is 0.349 e. The third-order valence-electron chi connectivity index (χ3n) is 4.52. The summed E-state index contributed by atoms with van der Waals surface area (Å²) in [5, 5.41) is 2.88. The first-order valence-corrected chi connectivity index (χ1v) is 9.72. The van der Waals surface area contributed by atoms with Gasteiger partial charge < -0.3 is 5.32 Å². The molecule has 1 N–H and O–H groups in total. The topological polar surface area (TPSA) is 80.3 Å². The van der Waals surface area contributed by atoms with Crippen molar-refractivity contribution in [2.75, 3.05) is 0 Å². The van der Waals surface area contributed by atoms with Gasteiger partial charge in [-0.25, -0.2) is 8.42 Å². The van der Waals surface area contributed by atoms with Crippen molar-refractivity contribution in [3.05, 3.63) is 59.2 Å². The maximum atomic E-state index is 12.9. The van der Waals surface area contributed by atoms with Gasteiger partial charge in [-0.05, 0) is 43.2 Å². The van der Waals surface area contributed by atoms with E-state index in [-0.39, 0.29) is 44.2 Å². The standard InChI is InChI=1S/C19H19NO4S/c1-3-13(4-2)20-19(22)12-9-10-15-17(11-12)25(23,24)16-8-6-5-7-14(16)18(15)21/h5-11,13H,3-4H2,1-2H3,(H,20,22). The number of rotatable bonds is 4. The molecular weight excluding hydrogens is 338 g/mol. The van der Waals surface area contributed by atoms with Crippen LogP contribution in [-0.2, 0) is 9.84 Å². The van der Waals surface area contributed by atoms with Crippen LogP contribution in [0.25, 0.3) is 0 Å². The van der Waals surface area contributed by atoms with Gasteiger partial charge in [0.05, 0.1) is 9.79 Å². The number of carbonyl (C=O) groups is 2. The van der Waals surface area contributed by atoms with Crippen molar-refractivity contribution < 1.29 is 18.0 Å². The molecule has 0 saturated carbocycles. The molecule has 3 rings (SSSR count). The van der Waals surface area contributed by atoms with Crippen molar-refractivity contribution in [1.29, 1.82) is 0 Å². The SMILES string of the molecule is CCC(CC)NC(=O)c1ccc2c(c1)S(=O)(=O)c1ccccc1C2=O. The highest BCUT2D eigenvalue weighted by Gasteiger charge is 2.35. The Labute approximate surface area is 147 Å². The lowest BCUT2D eigenvalue weighted by Gasteiger charge is -2.20. The molecule has 2 aromatic carbocycles. The predicted octanol–water partition coefficient (Wildman–Crippen LogP) is 2.98. The van der Waals surface area contributed by atoms with Gasteiger partial charge in [0.25, 0.3) is 5.91 Å². The first-order chi connectivity index (χ1) is 11.9. The van der Waals surface area contributed by atoms with E-state index in [1.54, 1.807) is 12.1 Å². The third-order valence-corrected chi connectivity index (χ3v) is 6.37. The van der Waals surface area contributed by atoms with Gasteiger partial charge in [0.1, 0.15) is 0 Å². The Kier molecular flexibility index (Phi) is 4.47. The van der Waals surface area contributed by atoms with Gasteiger partial charge in [0.15, 0.2) is 5.78 Å². The Hall–Kier alpha value is -2.47. The zero-order chi connectivity index (χ0) is 18.2. The van der Waals surface area contributed by atoms with Crippen LogP contribution in [0.2, 0.25) is 0 Å². The summed E-state index contributed by atoms with van der Waals surface area (Å²) in [6, 6.07) is 10.4. The fourth-order valence-electron chi connectivity index (χ4n) is 2.99. The number of hydrogen-bond donors (Lipinski definition) is 1. The number of hydrogen-bond acceptors (Lipinski definition) is 4. The summed E-state index contributed by atoms with van der Waals surface area (Å²) in [5.74, 6) is -0.676. The van der Waals surface area contributed by atoms with Gasteiger partial charge in [0.2, 0.25) is 9.84 Å². The van der Waals surface area contributed by atoms with Crippen LogP contribution in [0.1, 0.15) is 53.0 Å². The van der Waals surface area contributed by atoms with Crippen LogP contribution >= 0.6 is 0 Å². The van der Waals surface area contributed by atoms with E-state index in [1.165, 1.54) is 30.3 Å². The Bertz CT molecular complexity index is 959. The summed E-state index contributed by atoms with van der Waals surface area (Å²) in [5.41, 5.74) is 0.517. The van der Waals surface area contributed by atoms with Crippen LogP contribution in [0, 0.1) is 0 Å². The fourth-order valence-corrected chi connectivity index (χ4v) is 4.66. The van der Waals surface area contributed by atoms with Gasteiger partial charge >= 0.3 is 0 Å². The number of nitrogens with one attached hydrogen (secondary N) is 1. The van der Waals surface area contributed by atoms with Crippen LogP contribution < -0.4 is 5.32 Å². The minimum atomic E-state index is -3.83. The van der Waals surface area contributed by atoms with Crippen LogP contribution in [0.5, 0.6) is 0 Å². The fraction of sp³-hybridized carbons (Fsp3) is 0.263. The Balaban J connectivity index is 2.07. The summed E-state index contributed by atoms with van der Waals surface area (Å²) >= 11 is 0. The number of ketones is 1. The second-order valence-electron chi connectivity index (χ2n) is 6.03. The third kappa shape index (κ3) is 2.87. The average Bonchev–Trinajstić information content (AvgIpc) is 2.64. The molecule has 130 valence electrons. The molecular formula is C19H19NO4S. The normalized spacial score (nSPS) is 14.8. The van der Waals surface area contributed by atoms with E-state index in [0.717, 1.165) is 12.8 Å². The highest BCUT2D eigenvalue weighted by atomic mass is 32.2. The molecule has 0 aliphatic carbocycles. The van der Waals surface area contributed by atoms with Crippen molar-refractivity contribution in [1.82, 2.24) is 5.32 Å². The molecule has 0 bridgehead atoms. The van der Waals surface area contributed by atoms with Crippen LogP contribution in [0.3, 0.4) is 0 Å². The molecule has 1 aliphatic rings. The first kappa shape index (κ1) is 17.4. The number of amides is 1. The zero-order valence-corrected chi connectivity index (χ0v) is 14.9. The smallest absolute Gasteiger partial charge is 0.251 e. The van der Waals surface area contributed by atoms with Gasteiger partial charge in [-0.1, -0.05) is 26.0 Å². The lowest BCUT2D eigenvalue weighted by atomic mass is 10.0. The van der Waals surface area contributed by atoms with E-state index >= 15 is 0 Å². The molecule has 0 saturated heterocycles. The van der Waals surface area contributed by atoms with E-state index in [9.17, 15) is 18.0 Å². The molecule has 0 radical (unpaired) electrons. The van der Waals surface area contributed by atoms with Crippen LogP contribution in [-0.4, -0.2) is 26.2 Å². The minimum Gasteiger partial charge on any atom is -0.349 e. The van der Waals surface area contributed by atoms with Gasteiger partial charge in [-0.3, -0.25) is 9.59 Å². The van der Waals surface area contributed by atoms with E-state index in [0.29, 0.717) is 0 Å². The maximum absolute atomic E-state index is 12.9. The van der Waals surface area contributed by atoms with E-state index in [2.05, 4.69) is 5.32 Å². The molecule has 5 nitrogen and oxygen atoms in total. The summed E-state index contributed by atoms with van der Waals surface area (Å²) in [7, 11) is -3.83. The van der Waals surface area contributed by atoms with Gasteiger partial charge in [0, 0.05) is 22.7 Å². The van der Waals surface area contributed by atoms with Crippen molar-refractivity contribution in [3.63, 3.8) is 0 Å². The molecule has 0 unspecified atom stereocenters. The number of sulfone groups is 1. The highest BCUT2D eigenvalue weighted by Crippen LogP contribution is 2.34. The van der Waals surface area contributed by atoms with Gasteiger partial charge in [-0.15, -0.1) is 0 Å². The van der Waals surface area contributed by atoms with Crippen molar-refractivity contribution >= 4 is 21.5 Å². The van der Waals surface area contributed by atoms with Crippen LogP contribution in [0.15, 0.2) is 52.3 Å². The second-order valence-corrected chi connectivity index (χ2v) is 7.91. The van der Waals surface area contributed by atoms with Crippen molar-refractivity contribution in [2.24, 2.45) is 0 Å². The monoisotopic (exact) mass is 357 g/mol. The number of benzene rings is 2. The summed E-state index contributed by atoms with van der Waals surface area (Å²) < 4.78 is 25.7. The molecule has 1 heterocycles. The number of fused-ring (bicyclic) bond motifs is 2. The Morgan fingerprint density at radius 1 is 1.00 bits per heavy atom. The maximum Gasteiger partial charge on any atom is 0.251 e. The molecule has 0 fully saturated rings. The molecule has 0 aromatic heterocycles. The summed E-state index contributed by atoms with van der Waals surface area (Å²) in [6.45, 7) is 3.95. The predicted molar refractivity (Wildman–Crippen MR) is 93.6 cm³/mol. The Morgan fingerprint density at radius 2 is 1.64 bits per heavy atom. The molecule has 2 aromatic rings. The highest BCUT2D eigenvalue weighted by molar-refractivity contribution is 7.91. The van der Waals surface area contributed by atoms with E-state index in [4.69, 9.17) is 0 Å².